The van der Waals surface area contributed by atoms with Crippen LogP contribution in [0.2, 0.25) is 0 Å². The molecule has 1 fully saturated rings. The zero-order valence-electron chi connectivity index (χ0n) is 11.0. The number of thioether (sulfide) groups is 1. The van der Waals surface area contributed by atoms with Crippen LogP contribution in [0.5, 0.6) is 0 Å². The average molecular weight is 250 g/mol. The van der Waals surface area contributed by atoms with Crippen LogP contribution < -0.4 is 5.32 Å². The highest BCUT2D eigenvalue weighted by Crippen LogP contribution is 2.35. The van der Waals surface area contributed by atoms with E-state index in [2.05, 4.69) is 55.3 Å². The molecule has 0 radical (unpaired) electrons. The van der Waals surface area contributed by atoms with Gasteiger partial charge in [-0.3, -0.25) is 4.90 Å². The Labute approximate surface area is 109 Å². The van der Waals surface area contributed by atoms with Gasteiger partial charge in [-0.25, -0.2) is 0 Å². The summed E-state index contributed by atoms with van der Waals surface area (Å²) in [5.41, 5.74) is 1.33. The molecule has 0 amide bonds. The largest absolute Gasteiger partial charge is 0.314 e. The summed E-state index contributed by atoms with van der Waals surface area (Å²) in [6.07, 6.45) is 0. The van der Waals surface area contributed by atoms with Crippen LogP contribution in [0.1, 0.15) is 19.4 Å². The molecule has 1 aromatic carbocycles. The predicted molar refractivity (Wildman–Crippen MR) is 75.6 cm³/mol. The Morgan fingerprint density at radius 2 is 1.71 bits per heavy atom. The molecular formula is C14H22N2S. The van der Waals surface area contributed by atoms with Gasteiger partial charge in [0.25, 0.3) is 0 Å². The number of nitrogens with zero attached hydrogens (tertiary/aromatic N) is 1. The van der Waals surface area contributed by atoms with E-state index >= 15 is 0 Å². The van der Waals surface area contributed by atoms with Crippen LogP contribution in [0, 0.1) is 6.92 Å². The van der Waals surface area contributed by atoms with Crippen molar-refractivity contribution in [2.24, 2.45) is 0 Å². The number of nitrogens with one attached hydrogen (secondary N) is 1. The molecule has 0 unspecified atom stereocenters. The molecule has 0 aromatic heterocycles. The Morgan fingerprint density at radius 1 is 1.12 bits per heavy atom. The molecule has 0 atom stereocenters. The monoisotopic (exact) mass is 250 g/mol. The first-order valence-electron chi connectivity index (χ1n) is 6.29. The zero-order chi connectivity index (χ0) is 12.3. The maximum atomic E-state index is 3.41. The lowest BCUT2D eigenvalue weighted by molar-refractivity contribution is 0.172. The van der Waals surface area contributed by atoms with Gasteiger partial charge in [-0.05, 0) is 32.9 Å². The van der Waals surface area contributed by atoms with Gasteiger partial charge in [-0.1, -0.05) is 17.7 Å². The van der Waals surface area contributed by atoms with Crippen molar-refractivity contribution in [1.82, 2.24) is 10.2 Å². The number of aryl methyl sites for hydroxylation is 1. The van der Waals surface area contributed by atoms with Gasteiger partial charge < -0.3 is 5.32 Å². The van der Waals surface area contributed by atoms with Gasteiger partial charge in [-0.2, -0.15) is 0 Å². The maximum Gasteiger partial charge on any atom is 0.0660 e. The first-order valence-corrected chi connectivity index (χ1v) is 7.11. The van der Waals surface area contributed by atoms with E-state index in [-0.39, 0.29) is 4.87 Å². The van der Waals surface area contributed by atoms with E-state index in [9.17, 15) is 0 Å². The lowest BCUT2D eigenvalue weighted by Crippen LogP contribution is -2.51. The minimum Gasteiger partial charge on any atom is -0.314 e. The van der Waals surface area contributed by atoms with E-state index in [0.717, 1.165) is 26.2 Å². The van der Waals surface area contributed by atoms with Crippen molar-refractivity contribution < 1.29 is 0 Å². The standard InChI is InChI=1S/C14H22N2S/c1-12-4-6-13(7-5-12)17-14(2,3)16-10-8-15-9-11-16/h4-7,15H,8-11H2,1-3H3. The summed E-state index contributed by atoms with van der Waals surface area (Å²) in [6, 6.07) is 8.83. The maximum absolute atomic E-state index is 3.41. The fourth-order valence-electron chi connectivity index (χ4n) is 2.16. The highest BCUT2D eigenvalue weighted by atomic mass is 32.2. The van der Waals surface area contributed by atoms with Crippen molar-refractivity contribution in [3.8, 4) is 0 Å². The SMILES string of the molecule is Cc1ccc(SC(C)(C)N2CCNCC2)cc1. The normalized spacial score (nSPS) is 18.3. The molecule has 1 aliphatic rings. The summed E-state index contributed by atoms with van der Waals surface area (Å²) in [5.74, 6) is 0. The van der Waals surface area contributed by atoms with Crippen LogP contribution in [0.15, 0.2) is 29.2 Å². The van der Waals surface area contributed by atoms with Crippen molar-refractivity contribution in [2.45, 2.75) is 30.5 Å². The fraction of sp³-hybridized carbons (Fsp3) is 0.571. The van der Waals surface area contributed by atoms with Gasteiger partial charge >= 0.3 is 0 Å². The van der Waals surface area contributed by atoms with E-state index < -0.39 is 0 Å². The van der Waals surface area contributed by atoms with Crippen LogP contribution in [0.25, 0.3) is 0 Å². The Kier molecular flexibility index (Phi) is 4.13. The third kappa shape index (κ3) is 3.47. The molecule has 17 heavy (non-hydrogen) atoms. The third-order valence-corrected chi connectivity index (χ3v) is 4.53. The van der Waals surface area contributed by atoms with Gasteiger partial charge in [-0.15, -0.1) is 11.8 Å². The minimum absolute atomic E-state index is 0.178. The average Bonchev–Trinajstić information content (AvgIpc) is 2.33. The summed E-state index contributed by atoms with van der Waals surface area (Å²) in [5, 5.41) is 3.41. The summed E-state index contributed by atoms with van der Waals surface area (Å²) in [6.45, 7) is 11.3. The first kappa shape index (κ1) is 12.9. The Balaban J connectivity index is 2.02. The summed E-state index contributed by atoms with van der Waals surface area (Å²) in [4.78, 5) is 4.10. The molecule has 0 saturated carbocycles. The van der Waals surface area contributed by atoms with Crippen molar-refractivity contribution in [3.63, 3.8) is 0 Å². The van der Waals surface area contributed by atoms with Gasteiger partial charge in [0.2, 0.25) is 0 Å². The molecular weight excluding hydrogens is 228 g/mol. The molecule has 2 rings (SSSR count). The first-order chi connectivity index (χ1) is 8.08. The Bertz CT molecular complexity index is 353. The Morgan fingerprint density at radius 3 is 2.29 bits per heavy atom. The van der Waals surface area contributed by atoms with Crippen LogP contribution in [0.3, 0.4) is 0 Å². The van der Waals surface area contributed by atoms with Gasteiger partial charge in [0.15, 0.2) is 0 Å². The zero-order valence-corrected chi connectivity index (χ0v) is 11.8. The number of hydrogen-bond acceptors (Lipinski definition) is 3. The second kappa shape index (κ2) is 5.42. The number of benzene rings is 1. The van der Waals surface area contributed by atoms with Gasteiger partial charge in [0.05, 0.1) is 4.87 Å². The van der Waals surface area contributed by atoms with Gasteiger partial charge in [0.1, 0.15) is 0 Å². The van der Waals surface area contributed by atoms with Crippen molar-refractivity contribution in [2.75, 3.05) is 26.2 Å². The predicted octanol–water partition coefficient (Wildman–Crippen LogP) is 2.73. The molecule has 0 spiro atoms. The second-order valence-electron chi connectivity index (χ2n) is 5.10. The summed E-state index contributed by atoms with van der Waals surface area (Å²) < 4.78 is 0. The van der Waals surface area contributed by atoms with Crippen molar-refractivity contribution >= 4 is 11.8 Å². The quantitative estimate of drug-likeness (QED) is 0.830. The molecule has 1 heterocycles. The lowest BCUT2D eigenvalue weighted by atomic mass is 10.2. The van der Waals surface area contributed by atoms with Crippen LogP contribution >= 0.6 is 11.8 Å². The van der Waals surface area contributed by atoms with E-state index in [1.807, 2.05) is 11.8 Å². The molecule has 0 bridgehead atoms. The third-order valence-electron chi connectivity index (χ3n) is 3.27. The number of rotatable bonds is 3. The van der Waals surface area contributed by atoms with E-state index in [0.29, 0.717) is 0 Å². The smallest absolute Gasteiger partial charge is 0.0660 e. The lowest BCUT2D eigenvalue weighted by Gasteiger charge is -2.40. The minimum atomic E-state index is 0.178. The summed E-state index contributed by atoms with van der Waals surface area (Å²) in [7, 11) is 0. The molecule has 1 N–H and O–H groups in total. The highest BCUT2D eigenvalue weighted by Gasteiger charge is 2.28. The molecule has 1 saturated heterocycles. The van der Waals surface area contributed by atoms with Crippen LogP contribution in [-0.2, 0) is 0 Å². The number of hydrogen-bond donors (Lipinski definition) is 1. The summed E-state index contributed by atoms with van der Waals surface area (Å²) >= 11 is 1.96. The molecule has 0 aliphatic carbocycles. The van der Waals surface area contributed by atoms with Crippen LogP contribution in [-0.4, -0.2) is 35.9 Å². The van der Waals surface area contributed by atoms with Crippen LogP contribution in [0.4, 0.5) is 0 Å². The van der Waals surface area contributed by atoms with E-state index in [4.69, 9.17) is 0 Å². The van der Waals surface area contributed by atoms with Crippen molar-refractivity contribution in [3.05, 3.63) is 29.8 Å². The molecule has 94 valence electrons. The van der Waals surface area contributed by atoms with E-state index in [1.165, 1.54) is 10.5 Å². The number of piperazine rings is 1. The van der Waals surface area contributed by atoms with Gasteiger partial charge in [0, 0.05) is 31.1 Å². The molecule has 2 nitrogen and oxygen atoms in total. The van der Waals surface area contributed by atoms with Crippen molar-refractivity contribution in [1.29, 1.82) is 0 Å². The highest BCUT2D eigenvalue weighted by molar-refractivity contribution is 8.00. The molecule has 1 aliphatic heterocycles. The topological polar surface area (TPSA) is 15.3 Å². The second-order valence-corrected chi connectivity index (χ2v) is 6.77. The van der Waals surface area contributed by atoms with E-state index in [1.54, 1.807) is 0 Å². The Hall–Kier alpha value is -0.510. The fourth-order valence-corrected chi connectivity index (χ4v) is 3.32. The molecule has 1 aromatic rings. The molecule has 3 heteroatoms.